The second kappa shape index (κ2) is 9.28. The minimum absolute atomic E-state index is 0.0000996. The molecule has 6 saturated heterocycles. The third-order valence-corrected chi connectivity index (χ3v) is 8.51. The smallest absolute Gasteiger partial charge is 0.311 e. The zero-order valence-corrected chi connectivity index (χ0v) is 20.6. The average molecular weight is 489 g/mol. The van der Waals surface area contributed by atoms with Crippen LogP contribution in [-0.2, 0) is 35.3 Å². The molecule has 7 rings (SSSR count). The van der Waals surface area contributed by atoms with Crippen LogP contribution < -0.4 is 4.74 Å². The number of carbonyl (C=O) groups excluding carboxylic acids is 1. The highest BCUT2D eigenvalue weighted by molar-refractivity contribution is 5.74. The Hall–Kier alpha value is -1.75. The van der Waals surface area contributed by atoms with E-state index in [-0.39, 0.29) is 23.8 Å². The normalized spacial score (nSPS) is 39.5. The molecule has 6 fully saturated rings. The predicted molar refractivity (Wildman–Crippen MR) is 124 cm³/mol. The van der Waals surface area contributed by atoms with Crippen molar-refractivity contribution in [3.63, 3.8) is 0 Å². The van der Waals surface area contributed by atoms with Gasteiger partial charge in [-0.2, -0.15) is 0 Å². The van der Waals surface area contributed by atoms with Crippen molar-refractivity contribution >= 4 is 5.97 Å². The van der Waals surface area contributed by atoms with Crippen molar-refractivity contribution in [1.82, 2.24) is 9.80 Å². The van der Waals surface area contributed by atoms with E-state index in [0.717, 1.165) is 64.5 Å². The molecule has 0 unspecified atom stereocenters. The number of likely N-dealkylation sites (tertiary alicyclic amines) is 1. The molecule has 6 heterocycles. The maximum atomic E-state index is 12.6. The molecule has 0 amide bonds. The molecule has 1 aromatic rings. The average Bonchev–Trinajstić information content (AvgIpc) is 3.10. The van der Waals surface area contributed by atoms with E-state index in [0.29, 0.717) is 13.0 Å². The van der Waals surface area contributed by atoms with Gasteiger partial charge < -0.3 is 18.9 Å². The van der Waals surface area contributed by atoms with Crippen LogP contribution in [-0.4, -0.2) is 85.5 Å². The summed E-state index contributed by atoms with van der Waals surface area (Å²) in [5, 5.41) is 0. The monoisotopic (exact) mass is 488 g/mol. The number of rotatable bonds is 6. The second-order valence-corrected chi connectivity index (χ2v) is 10.7. The first kappa shape index (κ1) is 23.6. The number of fused-ring (bicyclic) bond motifs is 2. The molecule has 6 aliphatic heterocycles. The Bertz CT molecular complexity index is 923. The van der Waals surface area contributed by atoms with Crippen LogP contribution in [0.15, 0.2) is 24.3 Å². The predicted octanol–water partition coefficient (Wildman–Crippen LogP) is 2.33. The van der Waals surface area contributed by atoms with Gasteiger partial charge in [-0.15, -0.1) is 0 Å². The fourth-order valence-corrected chi connectivity index (χ4v) is 6.48. The summed E-state index contributed by atoms with van der Waals surface area (Å²) in [6.45, 7) is 10.6. The van der Waals surface area contributed by atoms with Crippen LogP contribution in [0, 0.1) is 11.8 Å². The number of benzene rings is 1. The summed E-state index contributed by atoms with van der Waals surface area (Å²) in [7, 11) is 0. The number of ether oxygens (including phenoxy) is 4. The molecule has 6 atom stereocenters. The van der Waals surface area contributed by atoms with Gasteiger partial charge >= 0.3 is 5.97 Å². The zero-order chi connectivity index (χ0) is 24.0. The molecule has 0 N–H and O–H groups in total. The SMILES string of the molecule is C[C@H]1C(=O)O[C@@H]2O[C@]3(C)CC[C@H]4N(Cc5ccc(OCCN6CCOCC6)cc5)CC[C@@H]1[C@@]24OO3. The van der Waals surface area contributed by atoms with E-state index in [4.69, 9.17) is 28.7 Å². The lowest BCUT2D eigenvalue weighted by Gasteiger charge is -2.58. The molecule has 9 nitrogen and oxygen atoms in total. The molecule has 0 saturated carbocycles. The highest BCUT2D eigenvalue weighted by atomic mass is 17.3. The van der Waals surface area contributed by atoms with E-state index in [9.17, 15) is 4.79 Å². The van der Waals surface area contributed by atoms with E-state index in [1.165, 1.54) is 5.56 Å². The van der Waals surface area contributed by atoms with Crippen LogP contribution in [0.5, 0.6) is 5.75 Å². The summed E-state index contributed by atoms with van der Waals surface area (Å²) < 4.78 is 23.4. The molecule has 9 heteroatoms. The van der Waals surface area contributed by atoms with E-state index < -0.39 is 17.7 Å². The molecule has 6 aliphatic rings. The Morgan fingerprint density at radius 3 is 2.69 bits per heavy atom. The first-order valence-corrected chi connectivity index (χ1v) is 13.0. The number of carbonyl (C=O) groups is 1. The van der Waals surface area contributed by atoms with Crippen LogP contribution in [0.4, 0.5) is 0 Å². The molecule has 0 aromatic heterocycles. The summed E-state index contributed by atoms with van der Waals surface area (Å²) in [6.07, 6.45) is 1.62. The van der Waals surface area contributed by atoms with E-state index in [2.05, 4.69) is 34.1 Å². The van der Waals surface area contributed by atoms with Gasteiger partial charge in [0.2, 0.25) is 12.1 Å². The molecule has 2 bridgehead atoms. The molecule has 1 aromatic carbocycles. The van der Waals surface area contributed by atoms with Gasteiger partial charge in [0.25, 0.3) is 0 Å². The minimum Gasteiger partial charge on any atom is -0.492 e. The Morgan fingerprint density at radius 1 is 1.09 bits per heavy atom. The quantitative estimate of drug-likeness (QED) is 0.443. The number of piperidine rings is 1. The second-order valence-electron chi connectivity index (χ2n) is 10.7. The standard InChI is InChI=1S/C26H36N2O7/c1-18-21-8-10-28(22-7-9-25(2)33-24(32-23(18)29)26(21,22)35-34-25)17-19-3-5-20(6-4-19)31-16-13-27-11-14-30-15-12-27/h3-6,18,21-22,24H,7-17H2,1-2H3/t18-,21+,22-,24-,25+,26+/m1/s1. The summed E-state index contributed by atoms with van der Waals surface area (Å²) in [5.74, 6) is -0.468. The van der Waals surface area contributed by atoms with Gasteiger partial charge in [0.05, 0.1) is 19.1 Å². The number of esters is 1. The number of hydrogen-bond donors (Lipinski definition) is 0. The lowest BCUT2D eigenvalue weighted by atomic mass is 9.67. The van der Waals surface area contributed by atoms with Crippen molar-refractivity contribution in [2.75, 3.05) is 46.0 Å². The Kier molecular flexibility index (Phi) is 6.27. The lowest BCUT2D eigenvalue weighted by Crippen LogP contribution is -2.74. The van der Waals surface area contributed by atoms with Gasteiger partial charge in [0.15, 0.2) is 5.60 Å². The van der Waals surface area contributed by atoms with Crippen LogP contribution in [0.25, 0.3) is 0 Å². The molecular formula is C26H36N2O7. The Morgan fingerprint density at radius 2 is 1.89 bits per heavy atom. The molecule has 1 spiro atoms. The third-order valence-electron chi connectivity index (χ3n) is 8.51. The van der Waals surface area contributed by atoms with E-state index in [1.807, 2.05) is 13.8 Å². The van der Waals surface area contributed by atoms with Gasteiger partial charge in [0, 0.05) is 44.6 Å². The molecular weight excluding hydrogens is 452 g/mol. The van der Waals surface area contributed by atoms with Crippen molar-refractivity contribution in [3.05, 3.63) is 29.8 Å². The van der Waals surface area contributed by atoms with Gasteiger partial charge in [0.1, 0.15) is 12.4 Å². The Balaban J connectivity index is 1.14. The largest absolute Gasteiger partial charge is 0.492 e. The fraction of sp³-hybridized carbons (Fsp3) is 0.731. The van der Waals surface area contributed by atoms with Crippen LogP contribution in [0.3, 0.4) is 0 Å². The summed E-state index contributed by atoms with van der Waals surface area (Å²) >= 11 is 0. The highest BCUT2D eigenvalue weighted by Gasteiger charge is 2.70. The van der Waals surface area contributed by atoms with Gasteiger partial charge in [-0.25, -0.2) is 9.78 Å². The maximum absolute atomic E-state index is 12.6. The van der Waals surface area contributed by atoms with Gasteiger partial charge in [-0.1, -0.05) is 19.1 Å². The first-order chi connectivity index (χ1) is 17.0. The maximum Gasteiger partial charge on any atom is 0.311 e. The molecule has 35 heavy (non-hydrogen) atoms. The number of morpholine rings is 1. The minimum atomic E-state index is -0.898. The van der Waals surface area contributed by atoms with Crippen molar-refractivity contribution in [3.8, 4) is 5.75 Å². The summed E-state index contributed by atoms with van der Waals surface area (Å²) in [4.78, 5) is 29.4. The fourth-order valence-electron chi connectivity index (χ4n) is 6.48. The molecule has 192 valence electrons. The highest BCUT2D eigenvalue weighted by Crippen LogP contribution is 2.55. The van der Waals surface area contributed by atoms with Crippen molar-refractivity contribution in [1.29, 1.82) is 0 Å². The number of nitrogens with zero attached hydrogens (tertiary/aromatic N) is 2. The molecule has 0 radical (unpaired) electrons. The van der Waals surface area contributed by atoms with Crippen molar-refractivity contribution in [2.24, 2.45) is 11.8 Å². The summed E-state index contributed by atoms with van der Waals surface area (Å²) in [5.41, 5.74) is 0.411. The third kappa shape index (κ3) is 4.26. The topological polar surface area (TPSA) is 78.9 Å². The molecule has 0 aliphatic carbocycles. The van der Waals surface area contributed by atoms with Crippen molar-refractivity contribution < 1.29 is 33.5 Å². The van der Waals surface area contributed by atoms with Crippen LogP contribution in [0.2, 0.25) is 0 Å². The van der Waals surface area contributed by atoms with Gasteiger partial charge in [-0.05, 0) is 44.0 Å². The van der Waals surface area contributed by atoms with Crippen molar-refractivity contribution in [2.45, 2.75) is 63.4 Å². The number of hydrogen-bond acceptors (Lipinski definition) is 9. The lowest BCUT2D eigenvalue weighted by molar-refractivity contribution is -0.557. The van der Waals surface area contributed by atoms with Crippen LogP contribution >= 0.6 is 0 Å². The van der Waals surface area contributed by atoms with E-state index >= 15 is 0 Å². The Labute approximate surface area is 206 Å². The first-order valence-electron chi connectivity index (χ1n) is 13.0. The zero-order valence-electron chi connectivity index (χ0n) is 20.6. The summed E-state index contributed by atoms with van der Waals surface area (Å²) in [6, 6.07) is 8.41. The van der Waals surface area contributed by atoms with E-state index in [1.54, 1.807) is 0 Å². The van der Waals surface area contributed by atoms with Gasteiger partial charge in [-0.3, -0.25) is 14.6 Å². The van der Waals surface area contributed by atoms with Crippen LogP contribution in [0.1, 0.15) is 38.7 Å².